The molecule has 0 bridgehead atoms. The number of aromatic amines is 1. The SMILES string of the molecule is CC[C@H]1O[C@@H](n2cnc3c(=O)[nH]c(C)nc32)CC1OP(=O)(O)OC[C@H]1O[C@@H](n2cnc(N)nc2=O)CC1OC(=O)c1ccccc1. The van der Waals surface area contributed by atoms with Gasteiger partial charge in [-0.15, -0.1) is 0 Å². The number of ether oxygens (including phenoxy) is 3. The zero-order valence-electron chi connectivity index (χ0n) is 24.7. The molecular formula is C27H31N8O10P. The van der Waals surface area contributed by atoms with Gasteiger partial charge in [-0.1, -0.05) is 25.1 Å². The van der Waals surface area contributed by atoms with E-state index in [0.29, 0.717) is 17.9 Å². The Bertz CT molecular complexity index is 1900. The van der Waals surface area contributed by atoms with Crippen LogP contribution >= 0.6 is 7.82 Å². The van der Waals surface area contributed by atoms with Crippen LogP contribution < -0.4 is 17.0 Å². The molecule has 4 aromatic rings. The minimum Gasteiger partial charge on any atom is -0.456 e. The second-order valence-corrected chi connectivity index (χ2v) is 12.1. The van der Waals surface area contributed by atoms with E-state index in [1.807, 2.05) is 6.92 Å². The Morgan fingerprint density at radius 2 is 1.76 bits per heavy atom. The normalized spacial score (nSPS) is 25.9. The summed E-state index contributed by atoms with van der Waals surface area (Å²) in [5, 5.41) is 0. The van der Waals surface area contributed by atoms with E-state index in [1.54, 1.807) is 41.8 Å². The van der Waals surface area contributed by atoms with Gasteiger partial charge in [0, 0.05) is 12.8 Å². The van der Waals surface area contributed by atoms with E-state index in [1.165, 1.54) is 6.33 Å². The summed E-state index contributed by atoms with van der Waals surface area (Å²) >= 11 is 0. The fraction of sp³-hybridized carbons (Fsp3) is 0.444. The van der Waals surface area contributed by atoms with E-state index in [-0.39, 0.29) is 29.9 Å². The van der Waals surface area contributed by atoms with Crippen molar-refractivity contribution in [1.82, 2.24) is 34.1 Å². The molecule has 19 heteroatoms. The number of carbonyl (C=O) groups is 1. The second kappa shape index (κ2) is 12.8. The van der Waals surface area contributed by atoms with Crippen LogP contribution in [-0.4, -0.2) is 75.9 Å². The lowest BCUT2D eigenvalue weighted by Gasteiger charge is -2.23. The van der Waals surface area contributed by atoms with Gasteiger partial charge in [0.05, 0.1) is 30.7 Å². The number of H-pyrrole nitrogens is 1. The van der Waals surface area contributed by atoms with E-state index in [2.05, 4.69) is 24.9 Å². The molecule has 2 fully saturated rings. The third-order valence-corrected chi connectivity index (χ3v) is 8.63. The van der Waals surface area contributed by atoms with Gasteiger partial charge in [0.25, 0.3) is 5.56 Å². The average molecular weight is 659 g/mol. The minimum atomic E-state index is -4.74. The van der Waals surface area contributed by atoms with E-state index >= 15 is 0 Å². The number of phosphoric ester groups is 1. The Kier molecular flexibility index (Phi) is 8.82. The molecule has 2 saturated heterocycles. The lowest BCUT2D eigenvalue weighted by Crippen LogP contribution is -2.31. The van der Waals surface area contributed by atoms with Crippen molar-refractivity contribution in [1.29, 1.82) is 0 Å². The molecule has 46 heavy (non-hydrogen) atoms. The highest BCUT2D eigenvalue weighted by molar-refractivity contribution is 7.47. The van der Waals surface area contributed by atoms with Crippen molar-refractivity contribution in [3.8, 4) is 0 Å². The fourth-order valence-electron chi connectivity index (χ4n) is 5.44. The number of phosphoric acid groups is 1. The molecular weight excluding hydrogens is 627 g/mol. The summed E-state index contributed by atoms with van der Waals surface area (Å²) in [7, 11) is -4.74. The van der Waals surface area contributed by atoms with E-state index in [4.69, 9.17) is 29.0 Å². The van der Waals surface area contributed by atoms with E-state index in [0.717, 1.165) is 10.9 Å². The molecule has 0 spiro atoms. The first-order valence-corrected chi connectivity index (χ1v) is 15.9. The molecule has 2 aliphatic rings. The van der Waals surface area contributed by atoms with Crippen molar-refractivity contribution in [3.63, 3.8) is 0 Å². The lowest BCUT2D eigenvalue weighted by atomic mass is 10.1. The predicted octanol–water partition coefficient (Wildman–Crippen LogP) is 1.37. The molecule has 7 atom stereocenters. The van der Waals surface area contributed by atoms with Gasteiger partial charge in [0.1, 0.15) is 36.8 Å². The number of nitrogen functional groups attached to an aromatic ring is 1. The molecule has 2 aliphatic heterocycles. The highest BCUT2D eigenvalue weighted by Crippen LogP contribution is 2.49. The molecule has 0 amide bonds. The van der Waals surface area contributed by atoms with Gasteiger partial charge in [-0.05, 0) is 25.5 Å². The quantitative estimate of drug-likeness (QED) is 0.161. The molecule has 0 aliphatic carbocycles. The number of anilines is 1. The molecule has 0 radical (unpaired) electrons. The number of fused-ring (bicyclic) bond motifs is 1. The summed E-state index contributed by atoms with van der Waals surface area (Å²) in [6, 6.07) is 8.22. The largest absolute Gasteiger partial charge is 0.472 e. The third kappa shape index (κ3) is 6.62. The summed E-state index contributed by atoms with van der Waals surface area (Å²) < 4.78 is 44.5. The molecule has 4 N–H and O–H groups in total. The van der Waals surface area contributed by atoms with Crippen molar-refractivity contribution in [2.24, 2.45) is 0 Å². The van der Waals surface area contributed by atoms with Crippen LogP contribution in [0.5, 0.6) is 0 Å². The standard InChI is InChI=1S/C27H31N8O10P/c1-3-16-18(10-20(42-16)34-12-29-22-23(34)31-14(2)32-24(22)36)45-46(39,40)41-11-19-17(44-25(37)15-7-5-4-6-8-15)9-21(43-19)35-13-30-26(28)33-27(35)38/h4-8,12-13,16-21H,3,9-11H2,1-2H3,(H,39,40)(H2,28,33,38)(H,31,32,36)/t16-,17?,18?,19-,20-,21-/m1/s1. The maximum atomic E-state index is 13.2. The Labute approximate surface area is 260 Å². The van der Waals surface area contributed by atoms with Crippen LogP contribution in [0, 0.1) is 6.92 Å². The van der Waals surface area contributed by atoms with E-state index < -0.39 is 68.5 Å². The van der Waals surface area contributed by atoms with Crippen molar-refractivity contribution >= 4 is 30.9 Å². The number of esters is 1. The third-order valence-electron chi connectivity index (χ3n) is 7.62. The summed E-state index contributed by atoms with van der Waals surface area (Å²) in [5.74, 6) is -0.500. The van der Waals surface area contributed by atoms with Crippen LogP contribution in [0.1, 0.15) is 54.8 Å². The van der Waals surface area contributed by atoms with Gasteiger partial charge in [-0.25, -0.2) is 29.1 Å². The molecule has 6 rings (SSSR count). The number of nitrogens with two attached hydrogens (primary N) is 1. The van der Waals surface area contributed by atoms with Gasteiger partial charge >= 0.3 is 19.5 Å². The van der Waals surface area contributed by atoms with Crippen LogP contribution in [0.15, 0.2) is 52.6 Å². The molecule has 0 saturated carbocycles. The maximum absolute atomic E-state index is 13.2. The number of benzene rings is 1. The number of aryl methyl sites for hydroxylation is 1. The predicted molar refractivity (Wildman–Crippen MR) is 157 cm³/mol. The highest BCUT2D eigenvalue weighted by atomic mass is 31.2. The number of imidazole rings is 1. The summed E-state index contributed by atoms with van der Waals surface area (Å²) in [5.41, 5.74) is 5.07. The molecule has 3 unspecified atom stereocenters. The Morgan fingerprint density at radius 3 is 2.50 bits per heavy atom. The second-order valence-electron chi connectivity index (χ2n) is 10.7. The number of nitrogens with one attached hydrogen (secondary N) is 1. The summed E-state index contributed by atoms with van der Waals surface area (Å²) in [6.07, 6.45) is -2.10. The average Bonchev–Trinajstić information content (AvgIpc) is 3.73. The van der Waals surface area contributed by atoms with Gasteiger partial charge in [-0.3, -0.25) is 23.0 Å². The smallest absolute Gasteiger partial charge is 0.456 e. The molecule has 244 valence electrons. The first-order valence-electron chi connectivity index (χ1n) is 14.4. The Hall–Kier alpha value is -4.32. The molecule has 1 aromatic carbocycles. The van der Waals surface area contributed by atoms with Crippen LogP contribution in [0.25, 0.3) is 11.2 Å². The first-order chi connectivity index (χ1) is 22.0. The summed E-state index contributed by atoms with van der Waals surface area (Å²) in [4.78, 5) is 66.8. The molecule has 5 heterocycles. The molecule has 3 aromatic heterocycles. The monoisotopic (exact) mass is 658 g/mol. The van der Waals surface area contributed by atoms with Gasteiger partial charge < -0.3 is 29.8 Å². The minimum absolute atomic E-state index is 0.0123. The zero-order chi connectivity index (χ0) is 32.6. The first kappa shape index (κ1) is 31.7. The number of carbonyl (C=O) groups excluding carboxylic acids is 1. The topological polar surface area (TPSA) is 238 Å². The van der Waals surface area contributed by atoms with Crippen LogP contribution in [0.2, 0.25) is 0 Å². The van der Waals surface area contributed by atoms with Crippen LogP contribution in [0.4, 0.5) is 5.95 Å². The van der Waals surface area contributed by atoms with Gasteiger partial charge in [0.2, 0.25) is 5.95 Å². The number of nitrogens with zero attached hydrogens (tertiary/aromatic N) is 6. The number of aromatic nitrogens is 7. The van der Waals surface area contributed by atoms with Gasteiger partial charge in [0.15, 0.2) is 11.2 Å². The van der Waals surface area contributed by atoms with Crippen molar-refractivity contribution in [2.75, 3.05) is 12.3 Å². The van der Waals surface area contributed by atoms with E-state index in [9.17, 15) is 23.8 Å². The number of hydrogen-bond acceptors (Lipinski definition) is 14. The Morgan fingerprint density at radius 1 is 1.07 bits per heavy atom. The maximum Gasteiger partial charge on any atom is 0.472 e. The highest BCUT2D eigenvalue weighted by Gasteiger charge is 2.44. The fourth-order valence-corrected chi connectivity index (χ4v) is 6.40. The summed E-state index contributed by atoms with van der Waals surface area (Å²) in [6.45, 7) is 2.93. The van der Waals surface area contributed by atoms with Crippen LogP contribution in [-0.2, 0) is 27.8 Å². The van der Waals surface area contributed by atoms with Crippen molar-refractivity contribution < 1.29 is 37.5 Å². The van der Waals surface area contributed by atoms with Gasteiger partial charge in [-0.2, -0.15) is 4.98 Å². The number of rotatable bonds is 10. The molecule has 18 nitrogen and oxygen atoms in total. The number of hydrogen-bond donors (Lipinski definition) is 3. The van der Waals surface area contributed by atoms with Crippen molar-refractivity contribution in [3.05, 3.63) is 75.2 Å². The Balaban J connectivity index is 1.15. The lowest BCUT2D eigenvalue weighted by molar-refractivity contribution is -0.0564. The van der Waals surface area contributed by atoms with Crippen molar-refractivity contribution in [2.45, 2.75) is 70.0 Å². The van der Waals surface area contributed by atoms with Crippen LogP contribution in [0.3, 0.4) is 0 Å². The zero-order valence-corrected chi connectivity index (χ0v) is 25.6.